The molecule has 160 valence electrons. The van der Waals surface area contributed by atoms with Gasteiger partial charge in [0.2, 0.25) is 0 Å². The van der Waals surface area contributed by atoms with Crippen molar-refractivity contribution in [2.45, 2.75) is 115 Å². The Morgan fingerprint density at radius 1 is 0.857 bits per heavy atom. The number of aliphatic hydroxyl groups is 1. The smallest absolute Gasteiger partial charge is 0.0976 e. The van der Waals surface area contributed by atoms with Crippen molar-refractivity contribution in [3.8, 4) is 0 Å². The van der Waals surface area contributed by atoms with Gasteiger partial charge >= 0.3 is 0 Å². The van der Waals surface area contributed by atoms with E-state index in [0.29, 0.717) is 6.61 Å². The highest BCUT2D eigenvalue weighted by molar-refractivity contribution is 5.14. The van der Waals surface area contributed by atoms with E-state index in [2.05, 4.69) is 36.5 Å². The summed E-state index contributed by atoms with van der Waals surface area (Å²) in [5.74, 6) is 0. The van der Waals surface area contributed by atoms with Crippen molar-refractivity contribution in [2.75, 3.05) is 6.61 Å². The normalized spacial score (nSPS) is 22.0. The van der Waals surface area contributed by atoms with Crippen LogP contribution in [0.2, 0.25) is 0 Å². The van der Waals surface area contributed by atoms with Crippen LogP contribution in [0, 0.1) is 0 Å². The van der Waals surface area contributed by atoms with Gasteiger partial charge < -0.3 is 15.2 Å². The lowest BCUT2D eigenvalue weighted by atomic mass is 10.0. The van der Waals surface area contributed by atoms with Crippen molar-refractivity contribution >= 4 is 0 Å². The largest absolute Gasteiger partial charge is 0.389 e. The van der Waals surface area contributed by atoms with Crippen molar-refractivity contribution in [2.24, 2.45) is 0 Å². The minimum Gasteiger partial charge on any atom is -0.389 e. The molecule has 0 saturated carbocycles. The van der Waals surface area contributed by atoms with Crippen LogP contribution in [0.5, 0.6) is 0 Å². The second kappa shape index (κ2) is 15.0. The first-order chi connectivity index (χ1) is 13.8. The van der Waals surface area contributed by atoms with Gasteiger partial charge in [0.1, 0.15) is 0 Å². The minimum absolute atomic E-state index is 0.0106. The van der Waals surface area contributed by atoms with Gasteiger partial charge in [0.25, 0.3) is 0 Å². The lowest BCUT2D eigenvalue weighted by Crippen LogP contribution is -2.40. The Bertz CT molecular complexity index is 479. The molecule has 0 amide bonds. The monoisotopic (exact) mass is 389 g/mol. The number of hydrogen-bond donors (Lipinski definition) is 2. The van der Waals surface area contributed by atoms with Crippen LogP contribution in [0.15, 0.2) is 30.3 Å². The summed E-state index contributed by atoms with van der Waals surface area (Å²) in [5.41, 5.74) is 1.25. The summed E-state index contributed by atoms with van der Waals surface area (Å²) in [7, 11) is 0. The van der Waals surface area contributed by atoms with Gasteiger partial charge in [-0.15, -0.1) is 0 Å². The zero-order valence-corrected chi connectivity index (χ0v) is 18.1. The quantitative estimate of drug-likeness (QED) is 0.341. The fraction of sp³-hybridized carbons (Fsp3) is 0.760. The van der Waals surface area contributed by atoms with Gasteiger partial charge in [-0.1, -0.05) is 114 Å². The molecule has 0 aromatic heterocycles. The van der Waals surface area contributed by atoms with E-state index >= 15 is 0 Å². The van der Waals surface area contributed by atoms with Crippen LogP contribution < -0.4 is 5.32 Å². The Morgan fingerprint density at radius 3 is 2.04 bits per heavy atom. The van der Waals surface area contributed by atoms with Crippen molar-refractivity contribution in [1.29, 1.82) is 0 Å². The zero-order valence-electron chi connectivity index (χ0n) is 18.1. The van der Waals surface area contributed by atoms with Crippen molar-refractivity contribution in [1.82, 2.24) is 5.32 Å². The molecule has 3 heteroatoms. The molecule has 1 aromatic rings. The van der Waals surface area contributed by atoms with Crippen LogP contribution in [0.4, 0.5) is 0 Å². The van der Waals surface area contributed by atoms with E-state index in [9.17, 15) is 5.11 Å². The maximum atomic E-state index is 10.5. The lowest BCUT2D eigenvalue weighted by molar-refractivity contribution is 0.0333. The second-order valence-electron chi connectivity index (χ2n) is 8.51. The molecular formula is C25H43NO2. The molecule has 1 saturated heterocycles. The Labute approximate surface area is 173 Å². The summed E-state index contributed by atoms with van der Waals surface area (Å²) < 4.78 is 5.85. The van der Waals surface area contributed by atoms with Crippen LogP contribution in [-0.2, 0) is 11.3 Å². The molecular weight excluding hydrogens is 346 g/mol. The van der Waals surface area contributed by atoms with Gasteiger partial charge in [-0.2, -0.15) is 0 Å². The number of benzene rings is 1. The average Bonchev–Trinajstić information content (AvgIpc) is 3.07. The maximum absolute atomic E-state index is 10.5. The Morgan fingerprint density at radius 2 is 1.43 bits per heavy atom. The molecule has 1 aromatic carbocycles. The molecule has 1 aliphatic heterocycles. The Kier molecular flexibility index (Phi) is 12.5. The van der Waals surface area contributed by atoms with Gasteiger partial charge in [-0.25, -0.2) is 0 Å². The first kappa shape index (κ1) is 23.4. The predicted octanol–water partition coefficient (Wildman–Crippen LogP) is 6.00. The van der Waals surface area contributed by atoms with E-state index < -0.39 is 0 Å². The summed E-state index contributed by atoms with van der Waals surface area (Å²) in [6, 6.07) is 10.4. The van der Waals surface area contributed by atoms with Gasteiger partial charge in [-0.05, 0) is 12.0 Å². The summed E-state index contributed by atoms with van der Waals surface area (Å²) in [4.78, 5) is 0. The molecule has 1 heterocycles. The third-order valence-corrected chi connectivity index (χ3v) is 6.04. The molecule has 1 fully saturated rings. The molecule has 0 radical (unpaired) electrons. The van der Waals surface area contributed by atoms with Crippen LogP contribution in [0.1, 0.15) is 96.0 Å². The molecule has 1 aliphatic rings. The minimum atomic E-state index is -0.378. The highest BCUT2D eigenvalue weighted by atomic mass is 16.5. The average molecular weight is 390 g/mol. The number of ether oxygens (including phenoxy) is 1. The molecule has 0 aliphatic carbocycles. The van der Waals surface area contributed by atoms with Crippen LogP contribution in [-0.4, -0.2) is 30.0 Å². The first-order valence-electron chi connectivity index (χ1n) is 11.9. The van der Waals surface area contributed by atoms with E-state index in [1.807, 2.05) is 6.07 Å². The number of aliphatic hydroxyl groups excluding tert-OH is 1. The standard InChI is InChI=1S/C25H43NO2/c1-2-3-4-5-6-7-8-9-10-11-12-16-19-24-25(27)23(21-28-24)26-20-22-17-14-13-15-18-22/h13-15,17-18,23-27H,2-12,16,19-21H2,1H3/t23-,24-,25-/m0/s1. The zero-order chi connectivity index (χ0) is 19.9. The first-order valence-corrected chi connectivity index (χ1v) is 11.9. The third-order valence-electron chi connectivity index (χ3n) is 6.04. The summed E-state index contributed by atoms with van der Waals surface area (Å²) >= 11 is 0. The summed E-state index contributed by atoms with van der Waals surface area (Å²) in [6.07, 6.45) is 17.0. The molecule has 2 rings (SSSR count). The highest BCUT2D eigenvalue weighted by Crippen LogP contribution is 2.21. The topological polar surface area (TPSA) is 41.5 Å². The molecule has 3 nitrogen and oxygen atoms in total. The molecule has 2 N–H and O–H groups in total. The third kappa shape index (κ3) is 9.54. The number of nitrogens with one attached hydrogen (secondary N) is 1. The fourth-order valence-corrected chi connectivity index (χ4v) is 4.15. The molecule has 0 unspecified atom stereocenters. The van der Waals surface area contributed by atoms with E-state index in [0.717, 1.165) is 13.0 Å². The molecule has 3 atom stereocenters. The van der Waals surface area contributed by atoms with Gasteiger partial charge in [0.05, 0.1) is 24.9 Å². The fourth-order valence-electron chi connectivity index (χ4n) is 4.15. The number of unbranched alkanes of at least 4 members (excludes halogenated alkanes) is 11. The number of hydrogen-bond acceptors (Lipinski definition) is 3. The number of rotatable bonds is 16. The van der Waals surface area contributed by atoms with Gasteiger partial charge in [-0.3, -0.25) is 0 Å². The molecule has 0 spiro atoms. The highest BCUT2D eigenvalue weighted by Gasteiger charge is 2.34. The van der Waals surface area contributed by atoms with Crippen molar-refractivity contribution in [3.05, 3.63) is 35.9 Å². The Hall–Kier alpha value is -0.900. The van der Waals surface area contributed by atoms with Crippen LogP contribution in [0.3, 0.4) is 0 Å². The van der Waals surface area contributed by atoms with Gasteiger partial charge in [0.15, 0.2) is 0 Å². The van der Waals surface area contributed by atoms with E-state index in [-0.39, 0.29) is 18.2 Å². The van der Waals surface area contributed by atoms with Crippen molar-refractivity contribution in [3.63, 3.8) is 0 Å². The van der Waals surface area contributed by atoms with E-state index in [1.54, 1.807) is 0 Å². The summed E-state index contributed by atoms with van der Waals surface area (Å²) in [5, 5.41) is 14.0. The van der Waals surface area contributed by atoms with Crippen LogP contribution >= 0.6 is 0 Å². The van der Waals surface area contributed by atoms with E-state index in [1.165, 1.54) is 82.6 Å². The van der Waals surface area contributed by atoms with E-state index in [4.69, 9.17) is 4.74 Å². The van der Waals surface area contributed by atoms with Crippen LogP contribution in [0.25, 0.3) is 0 Å². The Balaban J connectivity index is 1.42. The second-order valence-corrected chi connectivity index (χ2v) is 8.51. The summed E-state index contributed by atoms with van der Waals surface area (Å²) in [6.45, 7) is 3.69. The van der Waals surface area contributed by atoms with Gasteiger partial charge in [0, 0.05) is 6.54 Å². The molecule has 0 bridgehead atoms. The molecule has 28 heavy (non-hydrogen) atoms. The van der Waals surface area contributed by atoms with Crippen molar-refractivity contribution < 1.29 is 9.84 Å². The SMILES string of the molecule is CCCCCCCCCCCCCC[C@@H]1OC[C@H](NCc2ccccc2)[C@@H]1O. The lowest BCUT2D eigenvalue weighted by Gasteiger charge is -2.18. The maximum Gasteiger partial charge on any atom is 0.0976 e. The predicted molar refractivity (Wildman–Crippen MR) is 119 cm³/mol.